The predicted molar refractivity (Wildman–Crippen MR) is 115 cm³/mol. The van der Waals surface area contributed by atoms with E-state index in [0.29, 0.717) is 30.7 Å². The van der Waals surface area contributed by atoms with Crippen LogP contribution < -0.4 is 5.56 Å². The van der Waals surface area contributed by atoms with E-state index in [1.54, 1.807) is 0 Å². The van der Waals surface area contributed by atoms with Gasteiger partial charge in [0.2, 0.25) is 11.8 Å². The lowest BCUT2D eigenvalue weighted by molar-refractivity contribution is -0.139. The van der Waals surface area contributed by atoms with Crippen molar-refractivity contribution < 1.29 is 9.59 Å². The number of piperidine rings is 1. The Balaban J connectivity index is 1.47. The van der Waals surface area contributed by atoms with E-state index in [4.69, 9.17) is 4.98 Å². The molecule has 1 saturated carbocycles. The van der Waals surface area contributed by atoms with E-state index in [9.17, 15) is 14.4 Å². The minimum atomic E-state index is -0.129. The van der Waals surface area contributed by atoms with Crippen molar-refractivity contribution in [3.63, 3.8) is 0 Å². The first kappa shape index (κ1) is 20.3. The molecule has 0 unspecified atom stereocenters. The number of amides is 2. The molecule has 0 spiro atoms. The van der Waals surface area contributed by atoms with Gasteiger partial charge in [-0.05, 0) is 38.5 Å². The minimum Gasteiger partial charge on any atom is -0.337 e. The Labute approximate surface area is 181 Å². The van der Waals surface area contributed by atoms with E-state index in [-0.39, 0.29) is 35.3 Å². The van der Waals surface area contributed by atoms with E-state index in [0.717, 1.165) is 56.5 Å². The third-order valence-corrected chi connectivity index (χ3v) is 7.20. The maximum absolute atomic E-state index is 13.3. The Morgan fingerprint density at radius 1 is 1.23 bits per heavy atom. The maximum atomic E-state index is 13.3. The molecule has 166 valence electrons. The molecule has 2 aromatic heterocycles. The van der Waals surface area contributed by atoms with Crippen LogP contribution in [0.2, 0.25) is 0 Å². The molecule has 31 heavy (non-hydrogen) atoms. The fourth-order valence-electron chi connectivity index (χ4n) is 4.92. The molecule has 3 aliphatic rings. The first-order chi connectivity index (χ1) is 15.0. The number of aromatic nitrogens is 3. The maximum Gasteiger partial charge on any atom is 0.277 e. The van der Waals surface area contributed by atoms with Crippen LogP contribution in [0.3, 0.4) is 0 Å². The summed E-state index contributed by atoms with van der Waals surface area (Å²) in [7, 11) is 0. The van der Waals surface area contributed by atoms with Gasteiger partial charge in [0, 0.05) is 37.4 Å². The van der Waals surface area contributed by atoms with Gasteiger partial charge in [0.25, 0.3) is 5.56 Å². The molecule has 1 saturated heterocycles. The van der Waals surface area contributed by atoms with Crippen LogP contribution in [0.25, 0.3) is 5.65 Å². The van der Waals surface area contributed by atoms with Crippen molar-refractivity contribution in [2.45, 2.75) is 71.4 Å². The fraction of sp³-hybridized carbons (Fsp3) is 0.652. The molecule has 2 atom stereocenters. The average molecular weight is 426 g/mol. The number of nitrogens with zero attached hydrogens (tertiary/aromatic N) is 4. The number of hydrogen-bond acceptors (Lipinski definition) is 4. The lowest BCUT2D eigenvalue weighted by Gasteiger charge is -2.36. The monoisotopic (exact) mass is 425 g/mol. The molecule has 0 bridgehead atoms. The largest absolute Gasteiger partial charge is 0.337 e. The Morgan fingerprint density at radius 2 is 2.03 bits per heavy atom. The van der Waals surface area contributed by atoms with E-state index in [1.165, 1.54) is 4.52 Å². The number of nitrogens with one attached hydrogen (secondary N) is 1. The second kappa shape index (κ2) is 7.80. The van der Waals surface area contributed by atoms with Gasteiger partial charge in [0.15, 0.2) is 5.65 Å². The van der Waals surface area contributed by atoms with Crippen LogP contribution in [0.4, 0.5) is 0 Å². The van der Waals surface area contributed by atoms with Crippen LogP contribution in [0.15, 0.2) is 10.9 Å². The van der Waals surface area contributed by atoms with Gasteiger partial charge in [0.05, 0.1) is 29.5 Å². The zero-order valence-electron chi connectivity index (χ0n) is 18.4. The smallest absolute Gasteiger partial charge is 0.277 e. The Kier molecular flexibility index (Phi) is 5.10. The summed E-state index contributed by atoms with van der Waals surface area (Å²) in [6, 6.07) is 1.87. The second-order valence-corrected chi connectivity index (χ2v) is 9.38. The highest BCUT2D eigenvalue weighted by Gasteiger charge is 2.36. The molecule has 1 N–H and O–H groups in total. The third kappa shape index (κ3) is 3.55. The molecule has 2 fully saturated rings. The lowest BCUT2D eigenvalue weighted by Crippen LogP contribution is -2.41. The molecule has 8 nitrogen and oxygen atoms in total. The van der Waals surface area contributed by atoms with Crippen LogP contribution in [0.1, 0.15) is 75.4 Å². The van der Waals surface area contributed by atoms with Crippen molar-refractivity contribution in [3.05, 3.63) is 33.4 Å². The zero-order chi connectivity index (χ0) is 21.7. The summed E-state index contributed by atoms with van der Waals surface area (Å²) in [6.45, 7) is 5.74. The van der Waals surface area contributed by atoms with Gasteiger partial charge < -0.3 is 9.80 Å². The number of aromatic amines is 1. The molecule has 2 aromatic rings. The molecular weight excluding hydrogens is 394 g/mol. The van der Waals surface area contributed by atoms with E-state index >= 15 is 0 Å². The highest BCUT2D eigenvalue weighted by Crippen LogP contribution is 2.33. The van der Waals surface area contributed by atoms with Crippen molar-refractivity contribution in [1.82, 2.24) is 24.4 Å². The van der Waals surface area contributed by atoms with Crippen LogP contribution in [0.5, 0.6) is 0 Å². The summed E-state index contributed by atoms with van der Waals surface area (Å²) in [6.07, 6.45) is 6.31. The first-order valence-corrected chi connectivity index (χ1v) is 11.7. The normalized spacial score (nSPS) is 22.5. The Hall–Kier alpha value is -2.64. The molecule has 0 radical (unpaired) electrons. The minimum absolute atomic E-state index is 0.00636. The summed E-state index contributed by atoms with van der Waals surface area (Å²) in [5, 5.41) is 3.25. The van der Waals surface area contributed by atoms with Gasteiger partial charge in [-0.25, -0.2) is 9.50 Å². The van der Waals surface area contributed by atoms with Crippen molar-refractivity contribution >= 4 is 17.5 Å². The van der Waals surface area contributed by atoms with Gasteiger partial charge in [-0.15, -0.1) is 0 Å². The first-order valence-electron chi connectivity index (χ1n) is 11.7. The van der Waals surface area contributed by atoms with E-state index in [2.05, 4.69) is 5.10 Å². The lowest BCUT2D eigenvalue weighted by atomic mass is 9.96. The van der Waals surface area contributed by atoms with Gasteiger partial charge >= 0.3 is 0 Å². The quantitative estimate of drug-likeness (QED) is 0.815. The predicted octanol–water partition coefficient (Wildman–Crippen LogP) is 2.42. The summed E-state index contributed by atoms with van der Waals surface area (Å²) < 4.78 is 1.50. The topological polar surface area (TPSA) is 90.8 Å². The molecular formula is C23H31N5O3. The van der Waals surface area contributed by atoms with Gasteiger partial charge in [0.1, 0.15) is 0 Å². The molecule has 1 aliphatic carbocycles. The Morgan fingerprint density at radius 3 is 2.77 bits per heavy atom. The summed E-state index contributed by atoms with van der Waals surface area (Å²) in [5.41, 5.74) is 2.75. The van der Waals surface area contributed by atoms with Gasteiger partial charge in [-0.3, -0.25) is 19.5 Å². The average Bonchev–Trinajstić information content (AvgIpc) is 3.56. The number of carbonyl (C=O) groups is 2. The second-order valence-electron chi connectivity index (χ2n) is 9.38. The van der Waals surface area contributed by atoms with Gasteiger partial charge in [-0.2, -0.15) is 0 Å². The highest BCUT2D eigenvalue weighted by atomic mass is 16.2. The molecule has 2 aliphatic heterocycles. The van der Waals surface area contributed by atoms with Crippen LogP contribution in [0, 0.1) is 11.8 Å². The SMILES string of the molecule is CC[C@H](C)C(=O)N1CCCC[C@@H]1c1cc2nc3c(c(=O)n2[nH]1)CN(C(=O)C1CC1)CC3. The molecule has 4 heterocycles. The number of hydrogen-bond donors (Lipinski definition) is 1. The number of carbonyl (C=O) groups excluding carboxylic acids is 2. The Bertz CT molecular complexity index is 1080. The van der Waals surface area contributed by atoms with Crippen molar-refractivity contribution in [3.8, 4) is 0 Å². The van der Waals surface area contributed by atoms with Crippen molar-refractivity contribution in [1.29, 1.82) is 0 Å². The number of rotatable bonds is 4. The van der Waals surface area contributed by atoms with Crippen LogP contribution in [-0.4, -0.2) is 49.3 Å². The number of fused-ring (bicyclic) bond motifs is 2. The van der Waals surface area contributed by atoms with Crippen molar-refractivity contribution in [2.24, 2.45) is 11.8 Å². The molecule has 0 aromatic carbocycles. The summed E-state index contributed by atoms with van der Waals surface area (Å²) in [5.74, 6) is 0.495. The van der Waals surface area contributed by atoms with E-state index < -0.39 is 0 Å². The van der Waals surface area contributed by atoms with Crippen molar-refractivity contribution in [2.75, 3.05) is 13.1 Å². The summed E-state index contributed by atoms with van der Waals surface area (Å²) >= 11 is 0. The number of H-pyrrole nitrogens is 1. The fourth-order valence-corrected chi connectivity index (χ4v) is 4.92. The van der Waals surface area contributed by atoms with Gasteiger partial charge in [-0.1, -0.05) is 13.8 Å². The molecule has 5 rings (SSSR count). The third-order valence-electron chi connectivity index (χ3n) is 7.20. The van der Waals surface area contributed by atoms with Crippen LogP contribution >= 0.6 is 0 Å². The standard InChI is InChI=1S/C23H31N5O3/c1-3-14(2)21(29)27-10-5-4-6-19(27)18-12-20-24-17-9-11-26(22(30)15-7-8-15)13-16(17)23(31)28(20)25-18/h12,14-15,19,25H,3-11,13H2,1-2H3/t14-,19+/m0/s1. The highest BCUT2D eigenvalue weighted by molar-refractivity contribution is 5.81. The summed E-state index contributed by atoms with van der Waals surface area (Å²) in [4.78, 5) is 47.3. The zero-order valence-corrected chi connectivity index (χ0v) is 18.4. The molecule has 8 heteroatoms. The molecule has 2 amide bonds. The van der Waals surface area contributed by atoms with E-state index in [1.807, 2.05) is 29.7 Å². The van der Waals surface area contributed by atoms with Crippen LogP contribution in [-0.2, 0) is 22.6 Å². The number of likely N-dealkylation sites (tertiary alicyclic amines) is 1.